The molecule has 0 radical (unpaired) electrons. The lowest BCUT2D eigenvalue weighted by molar-refractivity contribution is 0.324. The monoisotopic (exact) mass is 246 g/mol. The quantitative estimate of drug-likeness (QED) is 0.859. The van der Waals surface area contributed by atoms with Crippen LogP contribution in [-0.2, 0) is 6.42 Å². The van der Waals surface area contributed by atoms with Gasteiger partial charge in [0.1, 0.15) is 0 Å². The number of benzene rings is 1. The van der Waals surface area contributed by atoms with Crippen LogP contribution in [0.1, 0.15) is 32.3 Å². The first-order valence-electron chi connectivity index (χ1n) is 7.15. The van der Waals surface area contributed by atoms with Gasteiger partial charge in [-0.3, -0.25) is 0 Å². The maximum absolute atomic E-state index is 3.77. The number of likely N-dealkylation sites (N-methyl/N-ethyl adjacent to an activating group) is 1. The van der Waals surface area contributed by atoms with Gasteiger partial charge in [0.2, 0.25) is 0 Å². The number of likely N-dealkylation sites (tertiary alicyclic amines) is 1. The Morgan fingerprint density at radius 3 is 2.67 bits per heavy atom. The summed E-state index contributed by atoms with van der Waals surface area (Å²) in [6, 6.07) is 12.8. The Balaban J connectivity index is 1.71. The first-order valence-corrected chi connectivity index (χ1v) is 7.15. The molecule has 2 rings (SSSR count). The SMILES string of the molecule is CC(CCc1ccccc1)NC1CC(C)N(C)C1. The van der Waals surface area contributed by atoms with E-state index in [0.717, 1.165) is 6.04 Å². The first kappa shape index (κ1) is 13.6. The van der Waals surface area contributed by atoms with Gasteiger partial charge in [-0.2, -0.15) is 0 Å². The number of hydrogen-bond donors (Lipinski definition) is 1. The van der Waals surface area contributed by atoms with Crippen molar-refractivity contribution >= 4 is 0 Å². The Morgan fingerprint density at radius 2 is 2.06 bits per heavy atom. The van der Waals surface area contributed by atoms with Crippen LogP contribution in [0.3, 0.4) is 0 Å². The van der Waals surface area contributed by atoms with Gasteiger partial charge in [-0.15, -0.1) is 0 Å². The van der Waals surface area contributed by atoms with Crippen molar-refractivity contribution < 1.29 is 0 Å². The maximum atomic E-state index is 3.77. The first-order chi connectivity index (χ1) is 8.65. The van der Waals surface area contributed by atoms with Gasteiger partial charge in [0.25, 0.3) is 0 Å². The fourth-order valence-electron chi connectivity index (χ4n) is 2.83. The van der Waals surface area contributed by atoms with Crippen molar-refractivity contribution in [3.8, 4) is 0 Å². The van der Waals surface area contributed by atoms with E-state index in [-0.39, 0.29) is 0 Å². The van der Waals surface area contributed by atoms with Crippen LogP contribution in [-0.4, -0.2) is 36.6 Å². The number of rotatable bonds is 5. The molecule has 0 spiro atoms. The van der Waals surface area contributed by atoms with Gasteiger partial charge >= 0.3 is 0 Å². The molecule has 2 nitrogen and oxygen atoms in total. The minimum atomic E-state index is 0.605. The van der Waals surface area contributed by atoms with E-state index in [1.54, 1.807) is 0 Å². The molecule has 1 aliphatic heterocycles. The van der Waals surface area contributed by atoms with Crippen LogP contribution in [0.4, 0.5) is 0 Å². The Hall–Kier alpha value is -0.860. The molecule has 1 N–H and O–H groups in total. The molecule has 1 aromatic carbocycles. The minimum Gasteiger partial charge on any atom is -0.310 e. The summed E-state index contributed by atoms with van der Waals surface area (Å²) in [5.74, 6) is 0. The molecule has 1 heterocycles. The second-order valence-electron chi connectivity index (χ2n) is 5.81. The molecule has 0 aliphatic carbocycles. The Kier molecular flexibility index (Phi) is 4.79. The largest absolute Gasteiger partial charge is 0.310 e. The number of hydrogen-bond acceptors (Lipinski definition) is 2. The highest BCUT2D eigenvalue weighted by Gasteiger charge is 2.26. The predicted molar refractivity (Wildman–Crippen MR) is 77.9 cm³/mol. The third kappa shape index (κ3) is 3.82. The van der Waals surface area contributed by atoms with Crippen LogP contribution in [0.5, 0.6) is 0 Å². The molecule has 100 valence electrons. The third-order valence-corrected chi connectivity index (χ3v) is 4.12. The van der Waals surface area contributed by atoms with Gasteiger partial charge in [-0.1, -0.05) is 30.3 Å². The van der Waals surface area contributed by atoms with E-state index in [1.165, 1.54) is 31.4 Å². The zero-order chi connectivity index (χ0) is 13.0. The highest BCUT2D eigenvalue weighted by Crippen LogP contribution is 2.16. The number of nitrogens with zero attached hydrogens (tertiary/aromatic N) is 1. The van der Waals surface area contributed by atoms with Crippen molar-refractivity contribution in [3.63, 3.8) is 0 Å². The van der Waals surface area contributed by atoms with Crippen molar-refractivity contribution in [2.45, 2.75) is 51.2 Å². The lowest BCUT2D eigenvalue weighted by atomic mass is 10.1. The second-order valence-corrected chi connectivity index (χ2v) is 5.81. The molecule has 0 saturated carbocycles. The van der Waals surface area contributed by atoms with Crippen LogP contribution in [0.15, 0.2) is 30.3 Å². The summed E-state index contributed by atoms with van der Waals surface area (Å²) in [6.07, 6.45) is 3.68. The van der Waals surface area contributed by atoms with Gasteiger partial charge in [-0.25, -0.2) is 0 Å². The van der Waals surface area contributed by atoms with E-state index in [9.17, 15) is 0 Å². The average Bonchev–Trinajstić information content (AvgIpc) is 2.67. The summed E-state index contributed by atoms with van der Waals surface area (Å²) in [5, 5.41) is 3.77. The molecule has 1 saturated heterocycles. The number of aryl methyl sites for hydroxylation is 1. The Morgan fingerprint density at radius 1 is 1.33 bits per heavy atom. The summed E-state index contributed by atoms with van der Waals surface area (Å²) >= 11 is 0. The fourth-order valence-corrected chi connectivity index (χ4v) is 2.83. The van der Waals surface area contributed by atoms with Crippen molar-refractivity contribution in [1.29, 1.82) is 0 Å². The summed E-state index contributed by atoms with van der Waals surface area (Å²) < 4.78 is 0. The van der Waals surface area contributed by atoms with Crippen LogP contribution in [0, 0.1) is 0 Å². The summed E-state index contributed by atoms with van der Waals surface area (Å²) in [6.45, 7) is 5.82. The molecule has 3 unspecified atom stereocenters. The number of nitrogens with one attached hydrogen (secondary N) is 1. The molecule has 2 heteroatoms. The van der Waals surface area contributed by atoms with E-state index < -0.39 is 0 Å². The van der Waals surface area contributed by atoms with Crippen LogP contribution >= 0.6 is 0 Å². The maximum Gasteiger partial charge on any atom is 0.0212 e. The lowest BCUT2D eigenvalue weighted by Crippen LogP contribution is -2.38. The molecule has 0 aromatic heterocycles. The van der Waals surface area contributed by atoms with Crippen LogP contribution in [0.25, 0.3) is 0 Å². The topological polar surface area (TPSA) is 15.3 Å². The van der Waals surface area contributed by atoms with E-state index in [2.05, 4.69) is 61.4 Å². The highest BCUT2D eigenvalue weighted by atomic mass is 15.2. The standard InChI is InChI=1S/C16H26N2/c1-13(9-10-15-7-5-4-6-8-15)17-16-11-14(2)18(3)12-16/h4-8,13-14,16-17H,9-12H2,1-3H3. The average molecular weight is 246 g/mol. The molecule has 18 heavy (non-hydrogen) atoms. The fraction of sp³-hybridized carbons (Fsp3) is 0.625. The van der Waals surface area contributed by atoms with Gasteiger partial charge < -0.3 is 10.2 Å². The van der Waals surface area contributed by atoms with E-state index >= 15 is 0 Å². The highest BCUT2D eigenvalue weighted by molar-refractivity contribution is 5.14. The van der Waals surface area contributed by atoms with Crippen molar-refractivity contribution in [2.75, 3.05) is 13.6 Å². The van der Waals surface area contributed by atoms with Crippen molar-refractivity contribution in [3.05, 3.63) is 35.9 Å². The smallest absolute Gasteiger partial charge is 0.0212 e. The normalized spacial score (nSPS) is 26.4. The molecular weight excluding hydrogens is 220 g/mol. The molecular formula is C16H26N2. The molecule has 1 fully saturated rings. The zero-order valence-electron chi connectivity index (χ0n) is 11.9. The third-order valence-electron chi connectivity index (χ3n) is 4.12. The zero-order valence-corrected chi connectivity index (χ0v) is 11.9. The summed E-state index contributed by atoms with van der Waals surface area (Å²) in [4.78, 5) is 2.45. The van der Waals surface area contributed by atoms with Crippen LogP contribution in [0.2, 0.25) is 0 Å². The lowest BCUT2D eigenvalue weighted by Gasteiger charge is -2.19. The van der Waals surface area contributed by atoms with Crippen molar-refractivity contribution in [1.82, 2.24) is 10.2 Å². The van der Waals surface area contributed by atoms with Gasteiger partial charge in [0.15, 0.2) is 0 Å². The second kappa shape index (κ2) is 6.35. The summed E-state index contributed by atoms with van der Waals surface area (Å²) in [5.41, 5.74) is 1.45. The molecule has 1 aliphatic rings. The van der Waals surface area contributed by atoms with E-state index in [4.69, 9.17) is 0 Å². The predicted octanol–water partition coefficient (Wildman–Crippen LogP) is 2.69. The molecule has 1 aromatic rings. The Bertz CT molecular complexity index is 339. The van der Waals surface area contributed by atoms with Gasteiger partial charge in [0.05, 0.1) is 0 Å². The van der Waals surface area contributed by atoms with Crippen LogP contribution < -0.4 is 5.32 Å². The molecule has 3 atom stereocenters. The minimum absolute atomic E-state index is 0.605. The molecule has 0 bridgehead atoms. The summed E-state index contributed by atoms with van der Waals surface area (Å²) in [7, 11) is 2.22. The van der Waals surface area contributed by atoms with E-state index in [1.807, 2.05) is 0 Å². The van der Waals surface area contributed by atoms with Gasteiger partial charge in [0, 0.05) is 24.7 Å². The van der Waals surface area contributed by atoms with E-state index in [0.29, 0.717) is 12.1 Å². The molecule has 0 amide bonds. The van der Waals surface area contributed by atoms with Crippen molar-refractivity contribution in [2.24, 2.45) is 0 Å². The Labute approximate surface area is 111 Å². The van der Waals surface area contributed by atoms with Gasteiger partial charge in [-0.05, 0) is 45.7 Å².